The van der Waals surface area contributed by atoms with Gasteiger partial charge in [-0.05, 0) is 47.9 Å². The first kappa shape index (κ1) is 16.4. The van der Waals surface area contributed by atoms with Crippen molar-refractivity contribution in [2.45, 2.75) is 6.92 Å². The topological polar surface area (TPSA) is 64.2 Å². The lowest BCUT2D eigenvalue weighted by atomic mass is 9.90. The molecule has 0 spiro atoms. The van der Waals surface area contributed by atoms with Gasteiger partial charge in [-0.15, -0.1) is 0 Å². The van der Waals surface area contributed by atoms with Gasteiger partial charge in [0.2, 0.25) is 0 Å². The van der Waals surface area contributed by atoms with Crippen LogP contribution in [0.3, 0.4) is 0 Å². The van der Waals surface area contributed by atoms with Gasteiger partial charge in [-0.1, -0.05) is 54.1 Å². The molecule has 0 radical (unpaired) electrons. The molecule has 3 heteroatoms. The molecule has 0 heterocycles. The zero-order chi connectivity index (χ0) is 17.8. The van der Waals surface area contributed by atoms with E-state index in [1.54, 1.807) is 48.5 Å². The Labute approximate surface area is 146 Å². The van der Waals surface area contributed by atoms with Crippen molar-refractivity contribution in [1.82, 2.24) is 0 Å². The standard InChI is InChI=1S/C22H17NO2/c1-15-2-4-16(5-3-15)21(14-23)22(17-6-10-19(24)11-7-17)18-8-12-20(25)13-9-18/h2-13,24-25H,1H3. The smallest absolute Gasteiger partial charge is 0.115 e. The highest BCUT2D eigenvalue weighted by Gasteiger charge is 2.14. The number of hydrogen-bond acceptors (Lipinski definition) is 3. The van der Waals surface area contributed by atoms with Crippen molar-refractivity contribution in [3.63, 3.8) is 0 Å². The van der Waals surface area contributed by atoms with Gasteiger partial charge in [-0.2, -0.15) is 5.26 Å². The molecular formula is C22H17NO2. The van der Waals surface area contributed by atoms with Crippen molar-refractivity contribution in [2.24, 2.45) is 0 Å². The number of aromatic hydroxyl groups is 2. The lowest BCUT2D eigenvalue weighted by Gasteiger charge is -2.13. The number of allylic oxidation sites excluding steroid dienone is 1. The average Bonchev–Trinajstić information content (AvgIpc) is 2.63. The summed E-state index contributed by atoms with van der Waals surface area (Å²) in [6.07, 6.45) is 0. The molecule has 2 N–H and O–H groups in total. The highest BCUT2D eigenvalue weighted by Crippen LogP contribution is 2.33. The number of phenols is 2. The first-order chi connectivity index (χ1) is 12.1. The Morgan fingerprint density at radius 2 is 1.08 bits per heavy atom. The van der Waals surface area contributed by atoms with Crippen LogP contribution in [0.25, 0.3) is 11.1 Å². The van der Waals surface area contributed by atoms with E-state index in [2.05, 4.69) is 6.07 Å². The molecule has 0 aliphatic carbocycles. The summed E-state index contributed by atoms with van der Waals surface area (Å²) >= 11 is 0. The maximum absolute atomic E-state index is 9.84. The molecule has 0 saturated heterocycles. The fourth-order valence-electron chi connectivity index (χ4n) is 2.70. The summed E-state index contributed by atoms with van der Waals surface area (Å²) in [5.74, 6) is 0.338. The molecular weight excluding hydrogens is 310 g/mol. The number of phenolic OH excluding ortho intramolecular Hbond substituents is 2. The van der Waals surface area contributed by atoms with Crippen LogP contribution in [0, 0.1) is 18.3 Å². The second kappa shape index (κ2) is 6.94. The zero-order valence-corrected chi connectivity index (χ0v) is 13.8. The second-order valence-electron chi connectivity index (χ2n) is 5.82. The van der Waals surface area contributed by atoms with E-state index in [9.17, 15) is 15.5 Å². The first-order valence-corrected chi connectivity index (χ1v) is 7.88. The molecule has 3 aromatic carbocycles. The molecule has 3 rings (SSSR count). The first-order valence-electron chi connectivity index (χ1n) is 7.88. The largest absolute Gasteiger partial charge is 0.508 e. The van der Waals surface area contributed by atoms with Gasteiger partial charge in [-0.3, -0.25) is 0 Å². The molecule has 0 unspecified atom stereocenters. The predicted molar refractivity (Wildman–Crippen MR) is 98.9 cm³/mol. The molecule has 0 aliphatic rings. The third-order valence-corrected chi connectivity index (χ3v) is 4.01. The van der Waals surface area contributed by atoms with E-state index in [1.807, 2.05) is 31.2 Å². The number of nitriles is 1. The van der Waals surface area contributed by atoms with Crippen molar-refractivity contribution in [2.75, 3.05) is 0 Å². The number of hydrogen-bond donors (Lipinski definition) is 2. The number of benzene rings is 3. The number of nitrogens with zero attached hydrogens (tertiary/aromatic N) is 1. The van der Waals surface area contributed by atoms with Crippen LogP contribution in [-0.2, 0) is 0 Å². The van der Waals surface area contributed by atoms with Gasteiger partial charge in [-0.25, -0.2) is 0 Å². The summed E-state index contributed by atoms with van der Waals surface area (Å²) in [4.78, 5) is 0. The summed E-state index contributed by atoms with van der Waals surface area (Å²) in [5.41, 5.74) is 4.88. The van der Waals surface area contributed by atoms with Gasteiger partial charge in [0.15, 0.2) is 0 Å². The van der Waals surface area contributed by atoms with Gasteiger partial charge >= 0.3 is 0 Å². The predicted octanol–water partition coefficient (Wildman–Crippen LogP) is 4.89. The Balaban J connectivity index is 2.28. The van der Waals surface area contributed by atoms with Crippen LogP contribution >= 0.6 is 0 Å². The summed E-state index contributed by atoms with van der Waals surface area (Å²) in [6, 6.07) is 23.6. The molecule has 0 atom stereocenters. The molecule has 0 fully saturated rings. The van der Waals surface area contributed by atoms with Crippen LogP contribution in [0.1, 0.15) is 22.3 Å². The summed E-state index contributed by atoms with van der Waals surface area (Å²) in [5, 5.41) is 29.0. The van der Waals surface area contributed by atoms with E-state index >= 15 is 0 Å². The Morgan fingerprint density at radius 3 is 1.48 bits per heavy atom. The molecule has 122 valence electrons. The van der Waals surface area contributed by atoms with E-state index in [-0.39, 0.29) is 11.5 Å². The lowest BCUT2D eigenvalue weighted by molar-refractivity contribution is 0.475. The van der Waals surface area contributed by atoms with Crippen molar-refractivity contribution < 1.29 is 10.2 Å². The third kappa shape index (κ3) is 3.54. The van der Waals surface area contributed by atoms with Crippen molar-refractivity contribution in [1.29, 1.82) is 5.26 Å². The second-order valence-corrected chi connectivity index (χ2v) is 5.82. The van der Waals surface area contributed by atoms with Gasteiger partial charge in [0.25, 0.3) is 0 Å². The maximum atomic E-state index is 9.84. The molecule has 3 aromatic rings. The lowest BCUT2D eigenvalue weighted by Crippen LogP contribution is -1.94. The molecule has 0 aromatic heterocycles. The molecule has 3 nitrogen and oxygen atoms in total. The normalized spacial score (nSPS) is 10.1. The van der Waals surface area contributed by atoms with Crippen LogP contribution in [0.15, 0.2) is 72.8 Å². The summed E-state index contributed by atoms with van der Waals surface area (Å²) < 4.78 is 0. The molecule has 0 amide bonds. The monoisotopic (exact) mass is 327 g/mol. The van der Waals surface area contributed by atoms with Crippen LogP contribution in [0.2, 0.25) is 0 Å². The minimum Gasteiger partial charge on any atom is -0.508 e. The van der Waals surface area contributed by atoms with Gasteiger partial charge in [0.1, 0.15) is 17.6 Å². The van der Waals surface area contributed by atoms with Gasteiger partial charge < -0.3 is 10.2 Å². The fraction of sp³-hybridized carbons (Fsp3) is 0.0455. The quantitative estimate of drug-likeness (QED) is 0.532. The number of rotatable bonds is 3. The molecule has 0 bridgehead atoms. The van der Waals surface area contributed by atoms with Gasteiger partial charge in [0, 0.05) is 5.57 Å². The Morgan fingerprint density at radius 1 is 0.680 bits per heavy atom. The van der Waals surface area contributed by atoms with Crippen LogP contribution < -0.4 is 0 Å². The Kier molecular flexibility index (Phi) is 4.54. The number of aryl methyl sites for hydroxylation is 1. The van der Waals surface area contributed by atoms with E-state index in [0.717, 1.165) is 27.8 Å². The van der Waals surface area contributed by atoms with E-state index < -0.39 is 0 Å². The van der Waals surface area contributed by atoms with Crippen molar-refractivity contribution in [3.8, 4) is 17.6 Å². The Bertz CT molecular complexity index is 897. The maximum Gasteiger partial charge on any atom is 0.115 e. The fourth-order valence-corrected chi connectivity index (χ4v) is 2.70. The minimum absolute atomic E-state index is 0.169. The molecule has 0 saturated carbocycles. The van der Waals surface area contributed by atoms with Crippen LogP contribution in [0.5, 0.6) is 11.5 Å². The van der Waals surface area contributed by atoms with Gasteiger partial charge in [0.05, 0.1) is 5.57 Å². The molecule has 25 heavy (non-hydrogen) atoms. The Hall–Kier alpha value is -3.51. The van der Waals surface area contributed by atoms with E-state index in [1.165, 1.54) is 0 Å². The minimum atomic E-state index is 0.169. The van der Waals surface area contributed by atoms with E-state index in [0.29, 0.717) is 5.57 Å². The van der Waals surface area contributed by atoms with E-state index in [4.69, 9.17) is 0 Å². The van der Waals surface area contributed by atoms with Crippen molar-refractivity contribution >= 4 is 11.1 Å². The van der Waals surface area contributed by atoms with Crippen LogP contribution in [-0.4, -0.2) is 10.2 Å². The summed E-state index contributed by atoms with van der Waals surface area (Å²) in [7, 11) is 0. The SMILES string of the molecule is Cc1ccc(C(C#N)=C(c2ccc(O)cc2)c2ccc(O)cc2)cc1. The van der Waals surface area contributed by atoms with Crippen LogP contribution in [0.4, 0.5) is 0 Å². The average molecular weight is 327 g/mol. The summed E-state index contributed by atoms with van der Waals surface area (Å²) in [6.45, 7) is 2.00. The molecule has 0 aliphatic heterocycles. The zero-order valence-electron chi connectivity index (χ0n) is 13.8. The van der Waals surface area contributed by atoms with Crippen molar-refractivity contribution in [3.05, 3.63) is 95.1 Å². The highest BCUT2D eigenvalue weighted by molar-refractivity contribution is 6.03. The third-order valence-electron chi connectivity index (χ3n) is 4.01. The highest BCUT2D eigenvalue weighted by atomic mass is 16.3.